The Hall–Kier alpha value is -1.14. The number of nitrogens with one attached hydrogen (secondary N) is 2. The van der Waals surface area contributed by atoms with Crippen LogP contribution in [0.2, 0.25) is 0 Å². The average Bonchev–Trinajstić information content (AvgIpc) is 3.01. The molecule has 2 heterocycles. The van der Waals surface area contributed by atoms with Crippen LogP contribution in [0.15, 0.2) is 0 Å². The second kappa shape index (κ2) is 7.22. The van der Waals surface area contributed by atoms with E-state index in [0.717, 1.165) is 23.7 Å². The van der Waals surface area contributed by atoms with Gasteiger partial charge in [-0.05, 0) is 26.2 Å². The zero-order chi connectivity index (χ0) is 15.4. The highest BCUT2D eigenvalue weighted by molar-refractivity contribution is 7.11. The number of urea groups is 1. The van der Waals surface area contributed by atoms with Gasteiger partial charge >= 0.3 is 6.03 Å². The van der Waals surface area contributed by atoms with E-state index in [9.17, 15) is 4.79 Å². The Bertz CT molecular complexity index is 468. The fraction of sp³-hybridized carbons (Fsp3) is 0.733. The summed E-state index contributed by atoms with van der Waals surface area (Å²) < 4.78 is 5.72. The van der Waals surface area contributed by atoms with Crippen molar-refractivity contribution in [1.29, 1.82) is 0 Å². The predicted octanol–water partition coefficient (Wildman–Crippen LogP) is 2.62. The molecule has 0 aliphatic carbocycles. The third-order valence-electron chi connectivity index (χ3n) is 3.92. The van der Waals surface area contributed by atoms with Crippen LogP contribution in [-0.4, -0.2) is 30.3 Å². The van der Waals surface area contributed by atoms with E-state index < -0.39 is 0 Å². The van der Waals surface area contributed by atoms with Gasteiger partial charge in [-0.3, -0.25) is 0 Å². The first-order chi connectivity index (χ1) is 9.97. The predicted molar refractivity (Wildman–Crippen MR) is 84.5 cm³/mol. The van der Waals surface area contributed by atoms with Crippen molar-refractivity contribution in [2.24, 2.45) is 11.8 Å². The fourth-order valence-electron chi connectivity index (χ4n) is 2.67. The summed E-state index contributed by atoms with van der Waals surface area (Å²) in [7, 11) is 0. The van der Waals surface area contributed by atoms with E-state index in [1.165, 1.54) is 4.88 Å². The lowest BCUT2D eigenvalue weighted by Gasteiger charge is -2.22. The number of hydrogen-bond donors (Lipinski definition) is 2. The largest absolute Gasteiger partial charge is 0.378 e. The first-order valence-electron chi connectivity index (χ1n) is 7.53. The van der Waals surface area contributed by atoms with Crippen LogP contribution >= 0.6 is 11.3 Å². The summed E-state index contributed by atoms with van der Waals surface area (Å²) in [4.78, 5) is 17.5. The van der Waals surface area contributed by atoms with Crippen LogP contribution in [0.3, 0.4) is 0 Å². The van der Waals surface area contributed by atoms with Crippen molar-refractivity contribution in [3.05, 3.63) is 15.6 Å². The number of aryl methyl sites for hydroxylation is 2. The molecule has 1 aliphatic heterocycles. The van der Waals surface area contributed by atoms with Gasteiger partial charge in [0, 0.05) is 23.9 Å². The first kappa shape index (κ1) is 16.2. The van der Waals surface area contributed by atoms with E-state index in [4.69, 9.17) is 4.74 Å². The van der Waals surface area contributed by atoms with Crippen molar-refractivity contribution in [2.45, 2.75) is 46.8 Å². The van der Waals surface area contributed by atoms with E-state index in [1.54, 1.807) is 11.3 Å². The molecule has 2 rings (SSSR count). The fourth-order valence-corrected chi connectivity index (χ4v) is 3.54. The van der Waals surface area contributed by atoms with Gasteiger partial charge in [0.1, 0.15) is 5.01 Å². The van der Waals surface area contributed by atoms with Crippen molar-refractivity contribution in [1.82, 2.24) is 15.6 Å². The second-order valence-electron chi connectivity index (χ2n) is 5.94. The highest BCUT2D eigenvalue weighted by atomic mass is 32.1. The van der Waals surface area contributed by atoms with Crippen LogP contribution in [0.1, 0.15) is 35.8 Å². The average molecular weight is 311 g/mol. The number of carbonyl (C=O) groups excluding carboxylic acids is 1. The van der Waals surface area contributed by atoms with Gasteiger partial charge in [0.05, 0.1) is 18.3 Å². The highest BCUT2D eigenvalue weighted by Crippen LogP contribution is 2.26. The van der Waals surface area contributed by atoms with E-state index in [0.29, 0.717) is 24.9 Å². The third kappa shape index (κ3) is 4.41. The zero-order valence-corrected chi connectivity index (χ0v) is 14.0. The summed E-state index contributed by atoms with van der Waals surface area (Å²) in [5.74, 6) is 0.906. The molecule has 1 aliphatic rings. The third-order valence-corrected chi connectivity index (χ3v) is 4.99. The molecule has 21 heavy (non-hydrogen) atoms. The summed E-state index contributed by atoms with van der Waals surface area (Å²) in [5, 5.41) is 6.76. The molecule has 2 atom stereocenters. The lowest BCUT2D eigenvalue weighted by Crippen LogP contribution is -2.40. The lowest BCUT2D eigenvalue weighted by molar-refractivity contribution is 0.0545. The van der Waals surface area contributed by atoms with Gasteiger partial charge < -0.3 is 15.4 Å². The minimum absolute atomic E-state index is 0.130. The monoisotopic (exact) mass is 311 g/mol. The normalized spacial score (nSPS) is 21.8. The number of thiazole rings is 1. The maximum Gasteiger partial charge on any atom is 0.315 e. The topological polar surface area (TPSA) is 63.2 Å². The molecule has 1 aromatic heterocycles. The molecule has 1 aromatic rings. The Kier molecular flexibility index (Phi) is 5.58. The molecule has 0 spiro atoms. The summed E-state index contributed by atoms with van der Waals surface area (Å²) in [6.45, 7) is 10.3. The highest BCUT2D eigenvalue weighted by Gasteiger charge is 2.30. The number of aromatic nitrogens is 1. The Morgan fingerprint density at radius 2 is 2.19 bits per heavy atom. The standard InChI is InChI=1S/C15H25N3O2S/c1-9(2)14-12(5-6-20-14)7-16-15(19)17-8-13-18-10(3)11(4)21-13/h9,12,14H,5-8H2,1-4H3,(H2,16,17,19)/t12-,14+/m0/s1. The van der Waals surface area contributed by atoms with Gasteiger partial charge in [0.2, 0.25) is 0 Å². The molecule has 1 saturated heterocycles. The SMILES string of the molecule is Cc1nc(CNC(=O)NC[C@@H]2CCO[C@@H]2C(C)C)sc1C. The van der Waals surface area contributed by atoms with Crippen molar-refractivity contribution in [3.63, 3.8) is 0 Å². The summed E-state index contributed by atoms with van der Waals surface area (Å²) >= 11 is 1.63. The minimum Gasteiger partial charge on any atom is -0.378 e. The number of carbonyl (C=O) groups is 1. The smallest absolute Gasteiger partial charge is 0.315 e. The molecular formula is C15H25N3O2S. The van der Waals surface area contributed by atoms with Crippen molar-refractivity contribution >= 4 is 17.4 Å². The molecular weight excluding hydrogens is 286 g/mol. The van der Waals surface area contributed by atoms with E-state index in [-0.39, 0.29) is 12.1 Å². The Morgan fingerprint density at radius 1 is 1.43 bits per heavy atom. The van der Waals surface area contributed by atoms with Gasteiger partial charge in [-0.2, -0.15) is 0 Å². The number of amides is 2. The maximum atomic E-state index is 11.9. The van der Waals surface area contributed by atoms with Crippen LogP contribution in [0.25, 0.3) is 0 Å². The molecule has 5 nitrogen and oxygen atoms in total. The molecule has 0 saturated carbocycles. The van der Waals surface area contributed by atoms with Crippen LogP contribution < -0.4 is 10.6 Å². The van der Waals surface area contributed by atoms with Gasteiger partial charge in [0.25, 0.3) is 0 Å². The van der Waals surface area contributed by atoms with Gasteiger partial charge in [-0.15, -0.1) is 11.3 Å². The zero-order valence-electron chi connectivity index (χ0n) is 13.2. The summed E-state index contributed by atoms with van der Waals surface area (Å²) in [6.07, 6.45) is 1.28. The van der Waals surface area contributed by atoms with E-state index >= 15 is 0 Å². The summed E-state index contributed by atoms with van der Waals surface area (Å²) in [6, 6.07) is -0.130. The molecule has 6 heteroatoms. The van der Waals surface area contributed by atoms with Crippen molar-refractivity contribution in [2.75, 3.05) is 13.2 Å². The van der Waals surface area contributed by atoms with E-state index in [1.807, 2.05) is 13.8 Å². The van der Waals surface area contributed by atoms with E-state index in [2.05, 4.69) is 29.5 Å². The minimum atomic E-state index is -0.130. The van der Waals surface area contributed by atoms with Crippen LogP contribution in [-0.2, 0) is 11.3 Å². The number of rotatable bonds is 5. The molecule has 0 bridgehead atoms. The van der Waals surface area contributed by atoms with Crippen molar-refractivity contribution < 1.29 is 9.53 Å². The molecule has 118 valence electrons. The molecule has 0 radical (unpaired) electrons. The first-order valence-corrected chi connectivity index (χ1v) is 8.35. The van der Waals surface area contributed by atoms with Gasteiger partial charge in [-0.1, -0.05) is 13.8 Å². The number of nitrogens with zero attached hydrogens (tertiary/aromatic N) is 1. The molecule has 2 N–H and O–H groups in total. The maximum absolute atomic E-state index is 11.9. The Balaban J connectivity index is 1.72. The molecule has 2 amide bonds. The molecule has 1 fully saturated rings. The molecule has 0 unspecified atom stereocenters. The Labute approximate surface area is 130 Å². The quantitative estimate of drug-likeness (QED) is 0.878. The molecule has 0 aromatic carbocycles. The van der Waals surface area contributed by atoms with Crippen LogP contribution in [0.4, 0.5) is 4.79 Å². The Morgan fingerprint density at radius 3 is 2.81 bits per heavy atom. The summed E-state index contributed by atoms with van der Waals surface area (Å²) in [5.41, 5.74) is 1.04. The second-order valence-corrected chi connectivity index (χ2v) is 7.23. The van der Waals surface area contributed by atoms with Gasteiger partial charge in [0.15, 0.2) is 0 Å². The van der Waals surface area contributed by atoms with Crippen LogP contribution in [0.5, 0.6) is 0 Å². The van der Waals surface area contributed by atoms with Gasteiger partial charge in [-0.25, -0.2) is 9.78 Å². The number of ether oxygens (including phenoxy) is 1. The number of hydrogen-bond acceptors (Lipinski definition) is 4. The lowest BCUT2D eigenvalue weighted by atomic mass is 9.93. The van der Waals surface area contributed by atoms with Crippen LogP contribution in [0, 0.1) is 25.7 Å². The van der Waals surface area contributed by atoms with Crippen molar-refractivity contribution in [3.8, 4) is 0 Å².